The van der Waals surface area contributed by atoms with Gasteiger partial charge < -0.3 is 16.0 Å². The summed E-state index contributed by atoms with van der Waals surface area (Å²) >= 11 is 0. The van der Waals surface area contributed by atoms with Gasteiger partial charge in [0.2, 0.25) is 5.91 Å². The molecular weight excluding hydrogens is 344 g/mol. The molecule has 0 radical (unpaired) electrons. The molecule has 0 aromatic rings. The second kappa shape index (κ2) is 7.41. The molecule has 7 nitrogen and oxygen atoms in total. The summed E-state index contributed by atoms with van der Waals surface area (Å²) in [4.78, 5) is 40.9. The largest absolute Gasteiger partial charge is 0.341 e. The minimum atomic E-state index is -0.804. The van der Waals surface area contributed by atoms with Crippen LogP contribution in [0.25, 0.3) is 0 Å². The number of carbonyl (C=O) groups is 3. The van der Waals surface area contributed by atoms with E-state index >= 15 is 0 Å². The quantitative estimate of drug-likeness (QED) is 0.730. The highest BCUT2D eigenvalue weighted by Gasteiger charge is 2.53. The average molecular weight is 379 g/mol. The number of hydrogen-bond acceptors (Lipinski definition) is 4. The number of amides is 4. The minimum Gasteiger partial charge on any atom is -0.341 e. The number of nitrogens with two attached hydrogens (primary N) is 1. The molecule has 3 rings (SSSR count). The van der Waals surface area contributed by atoms with Crippen molar-refractivity contribution in [1.82, 2.24) is 15.1 Å². The van der Waals surface area contributed by atoms with Crippen LogP contribution >= 0.6 is 0 Å². The number of hydrogen-bond donors (Lipinski definition) is 2. The van der Waals surface area contributed by atoms with E-state index in [2.05, 4.69) is 26.1 Å². The van der Waals surface area contributed by atoms with Crippen LogP contribution in [0.5, 0.6) is 0 Å². The predicted molar refractivity (Wildman–Crippen MR) is 103 cm³/mol. The van der Waals surface area contributed by atoms with Crippen molar-refractivity contribution >= 4 is 17.8 Å². The fourth-order valence-electron chi connectivity index (χ4n) is 4.72. The lowest BCUT2D eigenvalue weighted by Gasteiger charge is -2.42. The van der Waals surface area contributed by atoms with Crippen molar-refractivity contribution in [2.75, 3.05) is 19.6 Å². The van der Waals surface area contributed by atoms with Crippen LogP contribution in [-0.2, 0) is 9.59 Å². The molecule has 2 heterocycles. The molecule has 4 amide bonds. The molecule has 0 atom stereocenters. The predicted octanol–water partition coefficient (Wildman–Crippen LogP) is 1.85. The van der Waals surface area contributed by atoms with E-state index in [1.165, 1.54) is 0 Å². The summed E-state index contributed by atoms with van der Waals surface area (Å²) in [6.07, 6.45) is 5.82. The fourth-order valence-corrected chi connectivity index (χ4v) is 4.72. The summed E-state index contributed by atoms with van der Waals surface area (Å²) in [5, 5.41) is 2.92. The zero-order valence-electron chi connectivity index (χ0n) is 16.9. The third-order valence-electron chi connectivity index (χ3n) is 7.29. The molecule has 3 aliphatic rings. The van der Waals surface area contributed by atoms with E-state index in [1.807, 2.05) is 0 Å². The topological polar surface area (TPSA) is 95.7 Å². The lowest BCUT2D eigenvalue weighted by molar-refractivity contribution is -0.140. The summed E-state index contributed by atoms with van der Waals surface area (Å²) in [6, 6.07) is -0.285. The molecule has 1 aliphatic carbocycles. The monoisotopic (exact) mass is 378 g/mol. The van der Waals surface area contributed by atoms with Crippen molar-refractivity contribution < 1.29 is 14.4 Å². The van der Waals surface area contributed by atoms with Gasteiger partial charge >= 0.3 is 6.03 Å². The van der Waals surface area contributed by atoms with Crippen LogP contribution in [-0.4, -0.2) is 58.9 Å². The lowest BCUT2D eigenvalue weighted by Crippen LogP contribution is -2.51. The second-order valence-electron chi connectivity index (χ2n) is 9.24. The van der Waals surface area contributed by atoms with Crippen molar-refractivity contribution in [3.8, 4) is 0 Å². The van der Waals surface area contributed by atoms with Crippen molar-refractivity contribution in [1.29, 1.82) is 0 Å². The summed E-state index contributed by atoms with van der Waals surface area (Å²) in [5.41, 5.74) is 5.33. The lowest BCUT2D eigenvalue weighted by atomic mass is 9.65. The van der Waals surface area contributed by atoms with Gasteiger partial charge in [-0.25, -0.2) is 4.79 Å². The van der Waals surface area contributed by atoms with Gasteiger partial charge in [-0.1, -0.05) is 27.2 Å². The smallest absolute Gasteiger partial charge is 0.325 e. The summed E-state index contributed by atoms with van der Waals surface area (Å²) in [7, 11) is 0. The number of nitrogens with one attached hydrogen (secondary N) is 1. The molecule has 1 spiro atoms. The SMILES string of the molecule is CCC(C)(C)C1CCC2(CC1)NC(=O)N(CC(=O)N1CCC(N)CC1)C2=O. The van der Waals surface area contributed by atoms with Crippen molar-refractivity contribution in [2.45, 2.75) is 77.3 Å². The molecular formula is C20H34N4O3. The van der Waals surface area contributed by atoms with Crippen LogP contribution in [0.2, 0.25) is 0 Å². The highest BCUT2D eigenvalue weighted by Crippen LogP contribution is 2.45. The number of nitrogens with zero attached hydrogens (tertiary/aromatic N) is 2. The summed E-state index contributed by atoms with van der Waals surface area (Å²) in [6.45, 7) is 7.80. The first-order chi connectivity index (χ1) is 12.7. The van der Waals surface area contributed by atoms with Crippen LogP contribution in [0, 0.1) is 11.3 Å². The Balaban J connectivity index is 1.61. The molecule has 3 N–H and O–H groups in total. The van der Waals surface area contributed by atoms with Gasteiger partial charge in [0, 0.05) is 19.1 Å². The standard InChI is InChI=1S/C20H34N4O3/c1-4-19(2,3)14-5-9-20(10-6-14)17(26)24(18(27)22-20)13-16(25)23-11-7-15(21)8-12-23/h14-15H,4-13,21H2,1-3H3,(H,22,27). The third kappa shape index (κ3) is 3.84. The van der Waals surface area contributed by atoms with Crippen LogP contribution in [0.3, 0.4) is 0 Å². The third-order valence-corrected chi connectivity index (χ3v) is 7.29. The molecule has 2 aliphatic heterocycles. The number of imide groups is 1. The highest BCUT2D eigenvalue weighted by atomic mass is 16.2. The Kier molecular flexibility index (Phi) is 5.52. The number of rotatable bonds is 4. The molecule has 27 heavy (non-hydrogen) atoms. The second-order valence-corrected chi connectivity index (χ2v) is 9.24. The Morgan fingerprint density at radius 3 is 2.33 bits per heavy atom. The van der Waals surface area contributed by atoms with Gasteiger partial charge in [-0.3, -0.25) is 14.5 Å². The normalized spacial score (nSPS) is 30.1. The van der Waals surface area contributed by atoms with E-state index in [-0.39, 0.29) is 29.8 Å². The molecule has 0 aromatic heterocycles. The molecule has 3 fully saturated rings. The van der Waals surface area contributed by atoms with Crippen LogP contribution in [0.15, 0.2) is 0 Å². The maximum Gasteiger partial charge on any atom is 0.325 e. The maximum absolute atomic E-state index is 13.0. The highest BCUT2D eigenvalue weighted by molar-refractivity contribution is 6.09. The Bertz CT molecular complexity index is 602. The van der Waals surface area contributed by atoms with Crippen molar-refractivity contribution in [2.24, 2.45) is 17.1 Å². The van der Waals surface area contributed by atoms with Crippen molar-refractivity contribution in [3.63, 3.8) is 0 Å². The van der Waals surface area contributed by atoms with E-state index < -0.39 is 11.6 Å². The summed E-state index contributed by atoms with van der Waals surface area (Å²) < 4.78 is 0. The van der Waals surface area contributed by atoms with Gasteiger partial charge in [0.1, 0.15) is 12.1 Å². The number of likely N-dealkylation sites (tertiary alicyclic amines) is 1. The van der Waals surface area contributed by atoms with E-state index in [4.69, 9.17) is 5.73 Å². The van der Waals surface area contributed by atoms with Crippen molar-refractivity contribution in [3.05, 3.63) is 0 Å². The van der Waals surface area contributed by atoms with E-state index in [9.17, 15) is 14.4 Å². The Morgan fingerprint density at radius 2 is 1.78 bits per heavy atom. The first kappa shape index (κ1) is 20.1. The minimum absolute atomic E-state index is 0.136. The molecule has 152 valence electrons. The molecule has 2 saturated heterocycles. The Labute approximate surface area is 162 Å². The first-order valence-electron chi connectivity index (χ1n) is 10.4. The fraction of sp³-hybridized carbons (Fsp3) is 0.850. The zero-order valence-corrected chi connectivity index (χ0v) is 16.9. The number of piperidine rings is 1. The first-order valence-corrected chi connectivity index (χ1v) is 10.4. The zero-order chi connectivity index (χ0) is 19.8. The van der Waals surface area contributed by atoms with Gasteiger partial charge in [0.05, 0.1) is 0 Å². The molecule has 7 heteroatoms. The van der Waals surface area contributed by atoms with Crippen LogP contribution < -0.4 is 11.1 Å². The Hall–Kier alpha value is -1.63. The maximum atomic E-state index is 13.0. The number of urea groups is 1. The molecule has 1 saturated carbocycles. The van der Waals surface area contributed by atoms with E-state index in [0.29, 0.717) is 31.8 Å². The summed E-state index contributed by atoms with van der Waals surface area (Å²) in [5.74, 6) is 0.177. The Morgan fingerprint density at radius 1 is 1.19 bits per heavy atom. The molecule has 0 bridgehead atoms. The van der Waals surface area contributed by atoms with Gasteiger partial charge in [0.25, 0.3) is 5.91 Å². The van der Waals surface area contributed by atoms with Crippen LogP contribution in [0.4, 0.5) is 4.79 Å². The van der Waals surface area contributed by atoms with E-state index in [1.54, 1.807) is 4.90 Å². The van der Waals surface area contributed by atoms with Crippen LogP contribution in [0.1, 0.15) is 65.7 Å². The number of carbonyl (C=O) groups excluding carboxylic acids is 3. The van der Waals surface area contributed by atoms with E-state index in [0.717, 1.165) is 37.0 Å². The van der Waals surface area contributed by atoms with Gasteiger partial charge in [-0.05, 0) is 49.9 Å². The van der Waals surface area contributed by atoms with Gasteiger partial charge in [-0.15, -0.1) is 0 Å². The molecule has 0 aromatic carbocycles. The average Bonchev–Trinajstić information content (AvgIpc) is 2.86. The van der Waals surface area contributed by atoms with Gasteiger partial charge in [-0.2, -0.15) is 0 Å². The van der Waals surface area contributed by atoms with Gasteiger partial charge in [0.15, 0.2) is 0 Å². The molecule has 0 unspecified atom stereocenters.